The molecule has 2 atom stereocenters. The molecule has 2 rings (SSSR count). The zero-order valence-corrected chi connectivity index (χ0v) is 11.0. The van der Waals surface area contributed by atoms with Gasteiger partial charge in [0.2, 0.25) is 5.91 Å². The highest BCUT2D eigenvalue weighted by Gasteiger charge is 2.24. The summed E-state index contributed by atoms with van der Waals surface area (Å²) in [5.41, 5.74) is 0.674. The van der Waals surface area contributed by atoms with Gasteiger partial charge in [-0.05, 0) is 5.56 Å². The van der Waals surface area contributed by atoms with Crippen LogP contribution in [0.4, 0.5) is 0 Å². The van der Waals surface area contributed by atoms with Gasteiger partial charge in [-0.15, -0.1) is 0 Å². The molecule has 108 valence electrons. The maximum absolute atomic E-state index is 11.9. The number of aliphatic carboxylic acids is 1. The molecule has 6 nitrogen and oxygen atoms in total. The summed E-state index contributed by atoms with van der Waals surface area (Å²) in [5, 5.41) is 15.0. The Morgan fingerprint density at radius 2 is 2.15 bits per heavy atom. The Balaban J connectivity index is 1.92. The summed E-state index contributed by atoms with van der Waals surface area (Å²) < 4.78 is 5.20. The molecular weight excluding hydrogens is 260 g/mol. The summed E-state index contributed by atoms with van der Waals surface area (Å²) in [5.74, 6) is -1.93. The lowest BCUT2D eigenvalue weighted by Crippen LogP contribution is -2.52. The number of carbonyl (C=O) groups excluding carboxylic acids is 1. The van der Waals surface area contributed by atoms with Crippen molar-refractivity contribution in [3.05, 3.63) is 35.9 Å². The molecule has 2 unspecified atom stereocenters. The van der Waals surface area contributed by atoms with Gasteiger partial charge in [-0.3, -0.25) is 9.59 Å². The van der Waals surface area contributed by atoms with Crippen LogP contribution in [0.3, 0.4) is 0 Å². The number of rotatable bonds is 5. The minimum atomic E-state index is -0.954. The van der Waals surface area contributed by atoms with E-state index in [0.717, 1.165) is 0 Å². The fourth-order valence-electron chi connectivity index (χ4n) is 2.09. The van der Waals surface area contributed by atoms with Crippen LogP contribution in [0.1, 0.15) is 11.5 Å². The summed E-state index contributed by atoms with van der Waals surface area (Å²) in [6.45, 7) is 1.59. The molecule has 20 heavy (non-hydrogen) atoms. The molecule has 0 aliphatic carbocycles. The molecule has 0 bridgehead atoms. The van der Waals surface area contributed by atoms with Crippen molar-refractivity contribution >= 4 is 11.9 Å². The molecule has 1 aromatic carbocycles. The zero-order chi connectivity index (χ0) is 14.4. The molecule has 1 aliphatic rings. The Morgan fingerprint density at radius 3 is 2.75 bits per heavy atom. The van der Waals surface area contributed by atoms with Crippen molar-refractivity contribution in [2.24, 2.45) is 0 Å². The molecule has 0 aromatic heterocycles. The molecule has 1 aromatic rings. The van der Waals surface area contributed by atoms with E-state index in [0.29, 0.717) is 25.3 Å². The quantitative estimate of drug-likeness (QED) is 0.703. The van der Waals surface area contributed by atoms with E-state index >= 15 is 0 Å². The first-order valence-electron chi connectivity index (χ1n) is 6.55. The predicted octanol–water partition coefficient (Wildman–Crippen LogP) is -0.0406. The van der Waals surface area contributed by atoms with Crippen molar-refractivity contribution in [1.29, 1.82) is 0 Å². The van der Waals surface area contributed by atoms with Gasteiger partial charge in [-0.1, -0.05) is 30.3 Å². The lowest BCUT2D eigenvalue weighted by atomic mass is 9.99. The van der Waals surface area contributed by atoms with E-state index in [1.165, 1.54) is 0 Å². The van der Waals surface area contributed by atoms with Crippen LogP contribution < -0.4 is 10.6 Å². The van der Waals surface area contributed by atoms with Crippen molar-refractivity contribution in [1.82, 2.24) is 10.6 Å². The summed E-state index contributed by atoms with van der Waals surface area (Å²) in [6, 6.07) is 8.46. The van der Waals surface area contributed by atoms with E-state index in [4.69, 9.17) is 4.74 Å². The third kappa shape index (κ3) is 3.79. The second-order valence-electron chi connectivity index (χ2n) is 4.63. The number of hydrogen-bond donors (Lipinski definition) is 3. The smallest absolute Gasteiger partial charge is 0.312 e. The average molecular weight is 278 g/mol. The highest BCUT2D eigenvalue weighted by molar-refractivity contribution is 5.83. The summed E-state index contributed by atoms with van der Waals surface area (Å²) >= 11 is 0. The maximum Gasteiger partial charge on any atom is 0.312 e. The van der Waals surface area contributed by atoms with Gasteiger partial charge in [-0.25, -0.2) is 0 Å². The largest absolute Gasteiger partial charge is 0.481 e. The fourth-order valence-corrected chi connectivity index (χ4v) is 2.09. The van der Waals surface area contributed by atoms with E-state index in [-0.39, 0.29) is 12.5 Å². The third-order valence-corrected chi connectivity index (χ3v) is 3.22. The van der Waals surface area contributed by atoms with Crippen molar-refractivity contribution in [3.63, 3.8) is 0 Å². The lowest BCUT2D eigenvalue weighted by Gasteiger charge is -2.23. The van der Waals surface area contributed by atoms with E-state index < -0.39 is 17.9 Å². The van der Waals surface area contributed by atoms with E-state index in [9.17, 15) is 14.7 Å². The van der Waals surface area contributed by atoms with Gasteiger partial charge in [0.05, 0.1) is 19.1 Å². The Hall–Kier alpha value is -1.92. The first-order valence-corrected chi connectivity index (χ1v) is 6.55. The number of hydrogen-bond acceptors (Lipinski definition) is 4. The number of carboxylic acid groups (broad SMARTS) is 1. The molecule has 1 saturated heterocycles. The molecular formula is C14H18N2O4. The van der Waals surface area contributed by atoms with E-state index in [1.54, 1.807) is 24.3 Å². The summed E-state index contributed by atoms with van der Waals surface area (Å²) in [7, 11) is 0. The summed E-state index contributed by atoms with van der Waals surface area (Å²) in [4.78, 5) is 23.2. The standard InChI is InChI=1S/C14H18N2O4/c17-13(12-9-20-7-6-15-12)16-8-11(14(18)19)10-4-2-1-3-5-10/h1-5,11-12,15H,6-9H2,(H,16,17)(H,18,19). The van der Waals surface area contributed by atoms with Crippen LogP contribution in [-0.2, 0) is 14.3 Å². The highest BCUT2D eigenvalue weighted by Crippen LogP contribution is 2.14. The van der Waals surface area contributed by atoms with Gasteiger partial charge in [0.15, 0.2) is 0 Å². The summed E-state index contributed by atoms with van der Waals surface area (Å²) in [6.07, 6.45) is 0. The number of amides is 1. The van der Waals surface area contributed by atoms with Gasteiger partial charge >= 0.3 is 5.97 Å². The van der Waals surface area contributed by atoms with Crippen LogP contribution in [0.5, 0.6) is 0 Å². The Bertz CT molecular complexity index is 458. The number of morpholine rings is 1. The first-order chi connectivity index (χ1) is 9.68. The van der Waals surface area contributed by atoms with Gasteiger partial charge in [0.25, 0.3) is 0 Å². The van der Waals surface area contributed by atoms with Crippen LogP contribution in [-0.4, -0.2) is 49.3 Å². The average Bonchev–Trinajstić information content (AvgIpc) is 2.49. The van der Waals surface area contributed by atoms with Crippen LogP contribution in [0, 0.1) is 0 Å². The number of ether oxygens (including phenoxy) is 1. The lowest BCUT2D eigenvalue weighted by molar-refractivity contribution is -0.138. The van der Waals surface area contributed by atoms with Crippen molar-refractivity contribution in [2.45, 2.75) is 12.0 Å². The minimum Gasteiger partial charge on any atom is -0.481 e. The monoisotopic (exact) mass is 278 g/mol. The molecule has 0 radical (unpaired) electrons. The molecule has 1 heterocycles. The van der Waals surface area contributed by atoms with Gasteiger partial charge < -0.3 is 20.5 Å². The molecule has 0 spiro atoms. The van der Waals surface area contributed by atoms with Crippen molar-refractivity contribution < 1.29 is 19.4 Å². The molecule has 3 N–H and O–H groups in total. The molecule has 1 aliphatic heterocycles. The molecule has 1 fully saturated rings. The van der Waals surface area contributed by atoms with Crippen LogP contribution in [0.25, 0.3) is 0 Å². The Labute approximate surface area is 117 Å². The van der Waals surface area contributed by atoms with Gasteiger partial charge in [-0.2, -0.15) is 0 Å². The molecule has 0 saturated carbocycles. The molecule has 6 heteroatoms. The number of carbonyl (C=O) groups is 2. The van der Waals surface area contributed by atoms with Crippen molar-refractivity contribution in [3.8, 4) is 0 Å². The number of carboxylic acids is 1. The van der Waals surface area contributed by atoms with Crippen LogP contribution in [0.2, 0.25) is 0 Å². The van der Waals surface area contributed by atoms with Crippen LogP contribution >= 0.6 is 0 Å². The topological polar surface area (TPSA) is 87.7 Å². The predicted molar refractivity (Wildman–Crippen MR) is 72.4 cm³/mol. The highest BCUT2D eigenvalue weighted by atomic mass is 16.5. The van der Waals surface area contributed by atoms with Gasteiger partial charge in [0.1, 0.15) is 6.04 Å². The molecule has 1 amide bonds. The second kappa shape index (κ2) is 7.02. The first kappa shape index (κ1) is 14.5. The van der Waals surface area contributed by atoms with E-state index in [2.05, 4.69) is 10.6 Å². The van der Waals surface area contributed by atoms with Crippen molar-refractivity contribution in [2.75, 3.05) is 26.3 Å². The van der Waals surface area contributed by atoms with Crippen LogP contribution in [0.15, 0.2) is 30.3 Å². The fraction of sp³-hybridized carbons (Fsp3) is 0.429. The Kier molecular flexibility index (Phi) is 5.09. The number of nitrogens with one attached hydrogen (secondary N) is 2. The van der Waals surface area contributed by atoms with E-state index in [1.807, 2.05) is 6.07 Å². The second-order valence-corrected chi connectivity index (χ2v) is 4.63. The third-order valence-electron chi connectivity index (χ3n) is 3.22. The number of benzene rings is 1. The van der Waals surface area contributed by atoms with Gasteiger partial charge in [0, 0.05) is 13.1 Å². The Morgan fingerprint density at radius 1 is 1.40 bits per heavy atom. The SMILES string of the molecule is O=C(NCC(C(=O)O)c1ccccc1)C1COCCN1. The maximum atomic E-state index is 11.9. The normalized spacial score (nSPS) is 20.1. The zero-order valence-electron chi connectivity index (χ0n) is 11.0. The minimum absolute atomic E-state index is 0.0658.